The smallest absolute Gasteiger partial charge is 0.414 e. The topological polar surface area (TPSA) is 99.4 Å². The lowest BCUT2D eigenvalue weighted by Gasteiger charge is -2.15. The molecule has 1 atom stereocenters. The van der Waals surface area contributed by atoms with Gasteiger partial charge < -0.3 is 20.4 Å². The van der Waals surface area contributed by atoms with Gasteiger partial charge in [0.05, 0.1) is 30.8 Å². The van der Waals surface area contributed by atoms with E-state index in [1.165, 1.54) is 17.9 Å². The van der Waals surface area contributed by atoms with Gasteiger partial charge in [0.15, 0.2) is 0 Å². The van der Waals surface area contributed by atoms with Crippen LogP contribution in [0.25, 0.3) is 11.1 Å². The Labute approximate surface area is 191 Å². The number of benzene rings is 2. The number of halogens is 1. The second kappa shape index (κ2) is 9.83. The summed E-state index contributed by atoms with van der Waals surface area (Å²) in [6, 6.07) is 12.4. The van der Waals surface area contributed by atoms with E-state index >= 15 is 0 Å². The van der Waals surface area contributed by atoms with Crippen LogP contribution in [0.1, 0.15) is 23.9 Å². The summed E-state index contributed by atoms with van der Waals surface area (Å²) in [7, 11) is 0. The highest BCUT2D eigenvalue weighted by molar-refractivity contribution is 5.90. The second-order valence-corrected chi connectivity index (χ2v) is 7.99. The minimum absolute atomic E-state index is 0.200. The number of nitrogens with one attached hydrogen (secondary N) is 3. The molecule has 8 nitrogen and oxygen atoms in total. The largest absolute Gasteiger partial charge is 0.442 e. The number of nitrogens with zero attached hydrogens (tertiary/aromatic N) is 2. The molecule has 2 amide bonds. The highest BCUT2D eigenvalue weighted by Gasteiger charge is 2.32. The van der Waals surface area contributed by atoms with Gasteiger partial charge in [-0.3, -0.25) is 9.69 Å². The fraction of sp³-hybridized carbons (Fsp3) is 0.292. The fourth-order valence-electron chi connectivity index (χ4n) is 3.70. The Bertz CT molecular complexity index is 1150. The zero-order valence-electron chi connectivity index (χ0n) is 18.5. The molecular formula is C24H26FN5O3. The molecule has 1 aliphatic rings. The molecule has 172 valence electrons. The van der Waals surface area contributed by atoms with Crippen LogP contribution in [0.15, 0.2) is 48.8 Å². The number of amides is 2. The lowest BCUT2D eigenvalue weighted by atomic mass is 10.0. The number of hydrogen-bond donors (Lipinski definition) is 3. The van der Waals surface area contributed by atoms with Crippen LogP contribution in [0.4, 0.5) is 14.9 Å². The van der Waals surface area contributed by atoms with Crippen LogP contribution in [0.2, 0.25) is 0 Å². The van der Waals surface area contributed by atoms with E-state index < -0.39 is 18.0 Å². The Morgan fingerprint density at radius 3 is 2.70 bits per heavy atom. The molecule has 3 N–H and O–H groups in total. The molecule has 1 saturated heterocycles. The summed E-state index contributed by atoms with van der Waals surface area (Å²) in [5.41, 5.74) is 4.72. The number of rotatable bonds is 8. The van der Waals surface area contributed by atoms with Crippen molar-refractivity contribution in [2.45, 2.75) is 33.0 Å². The van der Waals surface area contributed by atoms with E-state index in [0.717, 1.165) is 22.5 Å². The Hall–Kier alpha value is -3.72. The maximum absolute atomic E-state index is 14.9. The van der Waals surface area contributed by atoms with Gasteiger partial charge in [-0.25, -0.2) is 14.2 Å². The van der Waals surface area contributed by atoms with E-state index in [9.17, 15) is 14.0 Å². The monoisotopic (exact) mass is 451 g/mol. The molecule has 2 aromatic carbocycles. The van der Waals surface area contributed by atoms with Crippen molar-refractivity contribution in [3.8, 4) is 11.1 Å². The SMILES string of the molecule is CC(=O)NC[C@H]1CN(c2ccc(-c3ccc(CNCc4nc[nH]c4C)cc3)c(F)c2)C(=O)O1. The molecule has 0 bridgehead atoms. The number of aromatic nitrogens is 2. The van der Waals surface area contributed by atoms with Crippen LogP contribution < -0.4 is 15.5 Å². The van der Waals surface area contributed by atoms with E-state index in [0.29, 0.717) is 24.3 Å². The molecule has 3 aromatic rings. The molecule has 0 unspecified atom stereocenters. The van der Waals surface area contributed by atoms with Gasteiger partial charge in [-0.2, -0.15) is 0 Å². The Morgan fingerprint density at radius 2 is 2.03 bits per heavy atom. The number of aryl methyl sites for hydroxylation is 1. The summed E-state index contributed by atoms with van der Waals surface area (Å²) in [6.07, 6.45) is 0.652. The number of aromatic amines is 1. The molecule has 0 aliphatic carbocycles. The zero-order chi connectivity index (χ0) is 23.4. The molecule has 0 radical (unpaired) electrons. The lowest BCUT2D eigenvalue weighted by Crippen LogP contribution is -2.33. The first kappa shape index (κ1) is 22.5. The van der Waals surface area contributed by atoms with Crippen molar-refractivity contribution < 1.29 is 18.7 Å². The molecule has 1 fully saturated rings. The molecule has 0 spiro atoms. The highest BCUT2D eigenvalue weighted by atomic mass is 19.1. The van der Waals surface area contributed by atoms with Crippen molar-refractivity contribution in [3.05, 3.63) is 71.6 Å². The maximum atomic E-state index is 14.9. The predicted molar refractivity (Wildman–Crippen MR) is 122 cm³/mol. The number of carbonyl (C=O) groups is 2. The quantitative estimate of drug-likeness (QED) is 0.488. The molecule has 1 aliphatic heterocycles. The summed E-state index contributed by atoms with van der Waals surface area (Å²) in [6.45, 7) is 5.18. The summed E-state index contributed by atoms with van der Waals surface area (Å²) >= 11 is 0. The normalized spacial score (nSPS) is 15.5. The molecule has 9 heteroatoms. The van der Waals surface area contributed by atoms with Crippen LogP contribution in [-0.4, -0.2) is 41.2 Å². The van der Waals surface area contributed by atoms with Crippen molar-refractivity contribution >= 4 is 17.7 Å². The average molecular weight is 452 g/mol. The summed E-state index contributed by atoms with van der Waals surface area (Å²) in [5.74, 6) is -0.625. The van der Waals surface area contributed by atoms with Gasteiger partial charge in [0.2, 0.25) is 5.91 Å². The summed E-state index contributed by atoms with van der Waals surface area (Å²) in [5, 5.41) is 5.97. The third-order valence-corrected chi connectivity index (χ3v) is 5.54. The maximum Gasteiger partial charge on any atom is 0.414 e. The minimum Gasteiger partial charge on any atom is -0.442 e. The van der Waals surface area contributed by atoms with E-state index in [-0.39, 0.29) is 19.0 Å². The first-order valence-corrected chi connectivity index (χ1v) is 10.7. The van der Waals surface area contributed by atoms with Gasteiger partial charge in [0.25, 0.3) is 0 Å². The third-order valence-electron chi connectivity index (χ3n) is 5.54. The van der Waals surface area contributed by atoms with Gasteiger partial charge in [0.1, 0.15) is 11.9 Å². The van der Waals surface area contributed by atoms with Crippen molar-refractivity contribution in [1.82, 2.24) is 20.6 Å². The zero-order valence-corrected chi connectivity index (χ0v) is 18.5. The molecule has 33 heavy (non-hydrogen) atoms. The lowest BCUT2D eigenvalue weighted by molar-refractivity contribution is -0.119. The fourth-order valence-corrected chi connectivity index (χ4v) is 3.70. The van der Waals surface area contributed by atoms with E-state index in [2.05, 4.69) is 20.6 Å². The molecular weight excluding hydrogens is 425 g/mol. The number of ether oxygens (including phenoxy) is 1. The van der Waals surface area contributed by atoms with E-state index in [1.807, 2.05) is 31.2 Å². The predicted octanol–water partition coefficient (Wildman–Crippen LogP) is 3.28. The van der Waals surface area contributed by atoms with Crippen molar-refractivity contribution in [2.75, 3.05) is 18.0 Å². The molecule has 4 rings (SSSR count). The van der Waals surface area contributed by atoms with Gasteiger partial charge in [-0.1, -0.05) is 24.3 Å². The number of imidazole rings is 1. The second-order valence-electron chi connectivity index (χ2n) is 7.99. The van der Waals surface area contributed by atoms with Crippen LogP contribution in [0, 0.1) is 12.7 Å². The molecule has 0 saturated carbocycles. The molecule has 1 aromatic heterocycles. The van der Waals surface area contributed by atoms with E-state index in [4.69, 9.17) is 4.74 Å². The Balaban J connectivity index is 1.38. The highest BCUT2D eigenvalue weighted by Crippen LogP contribution is 2.29. The van der Waals surface area contributed by atoms with Crippen LogP contribution in [0.3, 0.4) is 0 Å². The Morgan fingerprint density at radius 1 is 1.24 bits per heavy atom. The van der Waals surface area contributed by atoms with Crippen molar-refractivity contribution in [1.29, 1.82) is 0 Å². The standard InChI is InChI=1S/C24H26FN5O3/c1-15-23(29-14-28-15)12-26-10-17-3-5-18(6-4-17)21-8-7-19(9-22(21)25)30-13-20(33-24(30)32)11-27-16(2)31/h3-9,14,20,26H,10-13H2,1-2H3,(H,27,31)(H,28,29)/t20-/m0/s1. The number of H-pyrrole nitrogens is 1. The number of hydrogen-bond acceptors (Lipinski definition) is 5. The number of cyclic esters (lactones) is 1. The van der Waals surface area contributed by atoms with Crippen molar-refractivity contribution in [3.63, 3.8) is 0 Å². The first-order valence-electron chi connectivity index (χ1n) is 10.7. The van der Waals surface area contributed by atoms with Crippen LogP contribution >= 0.6 is 0 Å². The van der Waals surface area contributed by atoms with Crippen molar-refractivity contribution in [2.24, 2.45) is 0 Å². The summed E-state index contributed by atoms with van der Waals surface area (Å²) in [4.78, 5) is 31.9. The van der Waals surface area contributed by atoms with E-state index in [1.54, 1.807) is 18.5 Å². The Kier molecular flexibility index (Phi) is 6.69. The minimum atomic E-state index is -0.556. The third kappa shape index (κ3) is 5.38. The summed E-state index contributed by atoms with van der Waals surface area (Å²) < 4.78 is 20.2. The van der Waals surface area contributed by atoms with Gasteiger partial charge in [-0.05, 0) is 36.2 Å². The van der Waals surface area contributed by atoms with Gasteiger partial charge in [0, 0.05) is 31.3 Å². The van der Waals surface area contributed by atoms with Gasteiger partial charge in [-0.15, -0.1) is 0 Å². The van der Waals surface area contributed by atoms with Crippen LogP contribution in [0.5, 0.6) is 0 Å². The first-order chi connectivity index (χ1) is 15.9. The van der Waals surface area contributed by atoms with Crippen LogP contribution in [-0.2, 0) is 22.6 Å². The molecule has 2 heterocycles. The number of carbonyl (C=O) groups excluding carboxylic acids is 2. The number of anilines is 1. The van der Waals surface area contributed by atoms with Gasteiger partial charge >= 0.3 is 6.09 Å². The average Bonchev–Trinajstić information content (AvgIpc) is 3.38.